The largest absolute Gasteiger partial charge is 0.401 e. The quantitative estimate of drug-likeness (QED) is 0.342. The predicted molar refractivity (Wildman–Crippen MR) is 112 cm³/mol. The van der Waals surface area contributed by atoms with Crippen LogP contribution in [0.2, 0.25) is 0 Å². The normalized spacial score (nSPS) is 15.0. The maximum Gasteiger partial charge on any atom is 0.401 e. The molecule has 0 spiro atoms. The Labute approximate surface area is 172 Å². The molecule has 5 N–H and O–H groups in total. The van der Waals surface area contributed by atoms with Gasteiger partial charge in [0.05, 0.1) is 12.2 Å². The first-order valence-corrected chi connectivity index (χ1v) is 10.0. The third-order valence-electron chi connectivity index (χ3n) is 5.05. The molecular weight excluding hydrogens is 395 g/mol. The van der Waals surface area contributed by atoms with E-state index >= 15 is 0 Å². The Morgan fingerprint density at radius 2 is 1.80 bits per heavy atom. The van der Waals surface area contributed by atoms with Crippen molar-refractivity contribution < 1.29 is 13.2 Å². The van der Waals surface area contributed by atoms with Crippen LogP contribution in [0.5, 0.6) is 0 Å². The highest BCUT2D eigenvalue weighted by molar-refractivity contribution is 6.09. The highest BCUT2D eigenvalue weighted by Crippen LogP contribution is 2.23. The maximum absolute atomic E-state index is 12.4. The average Bonchev–Trinajstić information content (AvgIpc) is 2.69. The highest BCUT2D eigenvalue weighted by atomic mass is 19.4. The number of hydrogen-bond acceptors (Lipinski definition) is 4. The van der Waals surface area contributed by atoms with Crippen LogP contribution in [-0.4, -0.2) is 29.6 Å². The molecule has 0 saturated heterocycles. The van der Waals surface area contributed by atoms with Gasteiger partial charge in [0.15, 0.2) is 0 Å². The van der Waals surface area contributed by atoms with Gasteiger partial charge in [-0.15, -0.1) is 0 Å². The highest BCUT2D eigenvalue weighted by Gasteiger charge is 2.26. The first-order chi connectivity index (χ1) is 14.3. The van der Waals surface area contributed by atoms with Crippen molar-refractivity contribution in [2.45, 2.75) is 50.9 Å². The Bertz CT molecular complexity index is 902. The summed E-state index contributed by atoms with van der Waals surface area (Å²) in [5, 5.41) is 17.0. The summed E-state index contributed by atoms with van der Waals surface area (Å²) in [7, 11) is 0. The van der Waals surface area contributed by atoms with E-state index in [0.29, 0.717) is 16.9 Å². The van der Waals surface area contributed by atoms with Crippen molar-refractivity contribution in [1.29, 1.82) is 5.41 Å². The number of anilines is 2. The number of rotatable bonds is 7. The first kappa shape index (κ1) is 21.9. The summed E-state index contributed by atoms with van der Waals surface area (Å²) in [5.74, 6) is -0.0434. The molecule has 0 unspecified atom stereocenters. The van der Waals surface area contributed by atoms with Crippen molar-refractivity contribution in [2.75, 3.05) is 17.2 Å². The van der Waals surface area contributed by atoms with Crippen molar-refractivity contribution in [2.24, 2.45) is 0 Å². The summed E-state index contributed by atoms with van der Waals surface area (Å²) in [6, 6.07) is 8.74. The molecule has 6 nitrogen and oxygen atoms in total. The molecule has 3 rings (SSSR count). The van der Waals surface area contributed by atoms with Crippen molar-refractivity contribution in [3.63, 3.8) is 0 Å². The van der Waals surface area contributed by atoms with Crippen molar-refractivity contribution in [3.05, 3.63) is 58.0 Å². The molecule has 1 aromatic heterocycles. The molecule has 0 amide bonds. The van der Waals surface area contributed by atoms with Gasteiger partial charge in [-0.2, -0.15) is 13.2 Å². The van der Waals surface area contributed by atoms with Crippen LogP contribution in [0.1, 0.15) is 43.2 Å². The van der Waals surface area contributed by atoms with Crippen molar-refractivity contribution >= 4 is 17.2 Å². The molecule has 1 aromatic carbocycles. The van der Waals surface area contributed by atoms with E-state index in [1.165, 1.54) is 6.42 Å². The van der Waals surface area contributed by atoms with Gasteiger partial charge in [0, 0.05) is 24.5 Å². The van der Waals surface area contributed by atoms with Gasteiger partial charge < -0.3 is 20.9 Å². The Balaban J connectivity index is 1.65. The van der Waals surface area contributed by atoms with E-state index in [4.69, 9.17) is 5.41 Å². The lowest BCUT2D eigenvalue weighted by Gasteiger charge is -2.25. The molecule has 9 heteroatoms. The van der Waals surface area contributed by atoms with Gasteiger partial charge in [-0.05, 0) is 36.6 Å². The Morgan fingerprint density at radius 3 is 2.47 bits per heavy atom. The zero-order valence-corrected chi connectivity index (χ0v) is 16.5. The fraction of sp³-hybridized carbons (Fsp3) is 0.429. The molecular formula is C21H26F3N5O. The smallest absolute Gasteiger partial charge is 0.382 e. The van der Waals surface area contributed by atoms with E-state index < -0.39 is 12.7 Å². The second-order valence-electron chi connectivity index (χ2n) is 7.49. The zero-order chi connectivity index (χ0) is 21.6. The van der Waals surface area contributed by atoms with Gasteiger partial charge in [-0.25, -0.2) is 0 Å². The Hall–Kier alpha value is -2.81. The van der Waals surface area contributed by atoms with Crippen LogP contribution >= 0.6 is 0 Å². The molecule has 1 heterocycles. The first-order valence-electron chi connectivity index (χ1n) is 10.0. The summed E-state index contributed by atoms with van der Waals surface area (Å²) in [6.07, 6.45) is 2.91. The Kier molecular flexibility index (Phi) is 7.15. The third-order valence-corrected chi connectivity index (χ3v) is 5.05. The minimum Gasteiger partial charge on any atom is -0.382 e. The second-order valence-corrected chi connectivity index (χ2v) is 7.49. The van der Waals surface area contributed by atoms with Crippen LogP contribution < -0.4 is 21.5 Å². The van der Waals surface area contributed by atoms with E-state index in [-0.39, 0.29) is 29.5 Å². The summed E-state index contributed by atoms with van der Waals surface area (Å²) in [4.78, 5) is 15.0. The molecule has 0 aliphatic heterocycles. The number of aromatic amines is 1. The van der Waals surface area contributed by atoms with Gasteiger partial charge >= 0.3 is 6.18 Å². The van der Waals surface area contributed by atoms with E-state index in [1.54, 1.807) is 36.5 Å². The van der Waals surface area contributed by atoms with Crippen LogP contribution in [-0.2, 0) is 6.54 Å². The lowest BCUT2D eigenvalue weighted by molar-refractivity contribution is -0.125. The number of pyridine rings is 1. The van der Waals surface area contributed by atoms with E-state index in [0.717, 1.165) is 25.7 Å². The van der Waals surface area contributed by atoms with E-state index in [9.17, 15) is 18.0 Å². The van der Waals surface area contributed by atoms with E-state index in [2.05, 4.69) is 20.9 Å². The van der Waals surface area contributed by atoms with Crippen LogP contribution in [0.25, 0.3) is 0 Å². The number of amidine groups is 1. The molecule has 2 aromatic rings. The van der Waals surface area contributed by atoms with Crippen molar-refractivity contribution in [1.82, 2.24) is 10.3 Å². The third kappa shape index (κ3) is 6.35. The molecule has 0 bridgehead atoms. The number of benzene rings is 1. The average molecular weight is 421 g/mol. The Morgan fingerprint density at radius 1 is 1.10 bits per heavy atom. The standard InChI is InChI=1S/C21H26F3N5O/c22-21(23,24)13-26-12-14-6-8-16(9-7-14)29-19(25)18-17(10-11-27-20(18)30)28-15-4-2-1-3-5-15/h6-11,15,26H,1-5,12-13H2,(H2,25,29)(H2,27,28,30). The number of halogens is 3. The van der Waals surface area contributed by atoms with Gasteiger partial charge in [0.2, 0.25) is 0 Å². The molecule has 1 saturated carbocycles. The summed E-state index contributed by atoms with van der Waals surface area (Å²) < 4.78 is 36.6. The summed E-state index contributed by atoms with van der Waals surface area (Å²) >= 11 is 0. The number of hydrogen-bond donors (Lipinski definition) is 5. The molecule has 30 heavy (non-hydrogen) atoms. The van der Waals surface area contributed by atoms with Gasteiger partial charge in [0.25, 0.3) is 5.56 Å². The molecule has 1 fully saturated rings. The van der Waals surface area contributed by atoms with Crippen LogP contribution in [0, 0.1) is 5.41 Å². The van der Waals surface area contributed by atoms with E-state index in [1.807, 2.05) is 0 Å². The molecule has 0 atom stereocenters. The maximum atomic E-state index is 12.4. The van der Waals surface area contributed by atoms with Crippen molar-refractivity contribution in [3.8, 4) is 0 Å². The minimum absolute atomic E-state index is 0.0434. The van der Waals surface area contributed by atoms with Gasteiger partial charge in [-0.3, -0.25) is 10.2 Å². The lowest BCUT2D eigenvalue weighted by atomic mass is 9.95. The summed E-state index contributed by atoms with van der Waals surface area (Å²) in [6.45, 7) is -0.962. The minimum atomic E-state index is -4.25. The van der Waals surface area contributed by atoms with Gasteiger partial charge in [0.1, 0.15) is 11.4 Å². The van der Waals surface area contributed by atoms with Crippen LogP contribution in [0.4, 0.5) is 24.5 Å². The summed E-state index contributed by atoms with van der Waals surface area (Å²) in [5.41, 5.74) is 1.76. The van der Waals surface area contributed by atoms with Crippen LogP contribution in [0.15, 0.2) is 41.3 Å². The molecule has 1 aliphatic rings. The molecule has 0 radical (unpaired) electrons. The molecule has 162 valence electrons. The fourth-order valence-electron chi connectivity index (χ4n) is 3.58. The zero-order valence-electron chi connectivity index (χ0n) is 16.5. The predicted octanol–water partition coefficient (Wildman–Crippen LogP) is 4.21. The van der Waals surface area contributed by atoms with Gasteiger partial charge in [-0.1, -0.05) is 31.4 Å². The topological polar surface area (TPSA) is 92.8 Å². The number of aromatic nitrogens is 1. The lowest BCUT2D eigenvalue weighted by Crippen LogP contribution is -2.29. The second kappa shape index (κ2) is 9.80. The number of alkyl halides is 3. The molecule has 1 aliphatic carbocycles. The monoisotopic (exact) mass is 421 g/mol. The fourth-order valence-corrected chi connectivity index (χ4v) is 3.58. The number of H-pyrrole nitrogens is 1. The number of nitrogens with one attached hydrogen (secondary N) is 5. The SMILES string of the molecule is N=C(Nc1ccc(CNCC(F)(F)F)cc1)c1c(NC2CCCCC2)cc[nH]c1=O. The van der Waals surface area contributed by atoms with Crippen LogP contribution in [0.3, 0.4) is 0 Å².